The minimum Gasteiger partial charge on any atom is -0.460 e. The zero-order valence-corrected chi connectivity index (χ0v) is 13.3. The van der Waals surface area contributed by atoms with E-state index in [0.29, 0.717) is 13.0 Å². The second kappa shape index (κ2) is 5.57. The van der Waals surface area contributed by atoms with Crippen molar-refractivity contribution in [3.05, 3.63) is 12.7 Å². The molecule has 0 aliphatic carbocycles. The molecule has 0 spiro atoms. The summed E-state index contributed by atoms with van der Waals surface area (Å²) in [7, 11) is -1.75. The third-order valence-corrected chi connectivity index (χ3v) is 8.55. The first-order valence-corrected chi connectivity index (χ1v) is 9.53. The number of allylic oxidation sites excluding steroid dienone is 1. The Morgan fingerprint density at radius 1 is 1.50 bits per heavy atom. The molecule has 1 aliphatic heterocycles. The van der Waals surface area contributed by atoms with Crippen molar-refractivity contribution in [2.24, 2.45) is 5.92 Å². The largest absolute Gasteiger partial charge is 0.460 e. The van der Waals surface area contributed by atoms with E-state index < -0.39 is 8.32 Å². The van der Waals surface area contributed by atoms with Crippen molar-refractivity contribution in [2.45, 2.75) is 57.8 Å². The SMILES string of the molecule is C=CC[C@H]1C[C@@H](CO[Si](C)(C)C(C)(C)C)OC1=O. The predicted octanol–water partition coefficient (Wildman–Crippen LogP) is 3.52. The van der Waals surface area contributed by atoms with Crippen LogP contribution < -0.4 is 0 Å². The first-order chi connectivity index (χ1) is 8.17. The first-order valence-electron chi connectivity index (χ1n) is 6.62. The zero-order chi connectivity index (χ0) is 14.0. The molecule has 1 saturated heterocycles. The van der Waals surface area contributed by atoms with Gasteiger partial charge in [-0.15, -0.1) is 6.58 Å². The fourth-order valence-electron chi connectivity index (χ4n) is 1.74. The number of hydrogen-bond donors (Lipinski definition) is 0. The standard InChI is InChI=1S/C14H26O3Si/c1-7-8-11-9-12(17-13(11)15)10-16-18(5,6)14(2,3)4/h7,11-12H,1,8-10H2,2-6H3/t11-,12-/m0/s1. The van der Waals surface area contributed by atoms with Crippen LogP contribution in [0, 0.1) is 5.92 Å². The van der Waals surface area contributed by atoms with Gasteiger partial charge in [0, 0.05) is 6.42 Å². The summed E-state index contributed by atoms with van der Waals surface area (Å²) in [5.74, 6) is -0.116. The fraction of sp³-hybridized carbons (Fsp3) is 0.786. The zero-order valence-electron chi connectivity index (χ0n) is 12.3. The van der Waals surface area contributed by atoms with Crippen LogP contribution in [0.1, 0.15) is 33.6 Å². The summed E-state index contributed by atoms with van der Waals surface area (Å²) in [5, 5.41) is 0.191. The topological polar surface area (TPSA) is 35.5 Å². The molecule has 4 heteroatoms. The highest BCUT2D eigenvalue weighted by Gasteiger charge is 2.40. The highest BCUT2D eigenvalue weighted by molar-refractivity contribution is 6.74. The Labute approximate surface area is 112 Å². The van der Waals surface area contributed by atoms with Crippen LogP contribution in [0.15, 0.2) is 12.7 Å². The van der Waals surface area contributed by atoms with Gasteiger partial charge in [-0.2, -0.15) is 0 Å². The van der Waals surface area contributed by atoms with Crippen LogP contribution in [0.2, 0.25) is 18.1 Å². The minimum atomic E-state index is -1.75. The second-order valence-electron chi connectivity index (χ2n) is 6.59. The van der Waals surface area contributed by atoms with Gasteiger partial charge in [-0.1, -0.05) is 26.8 Å². The summed E-state index contributed by atoms with van der Waals surface area (Å²) in [6, 6.07) is 0. The van der Waals surface area contributed by atoms with Crippen LogP contribution in [0.4, 0.5) is 0 Å². The van der Waals surface area contributed by atoms with Gasteiger partial charge in [-0.25, -0.2) is 0 Å². The van der Waals surface area contributed by atoms with Gasteiger partial charge in [0.15, 0.2) is 8.32 Å². The van der Waals surface area contributed by atoms with Crippen molar-refractivity contribution < 1.29 is 14.0 Å². The van der Waals surface area contributed by atoms with Crippen LogP contribution >= 0.6 is 0 Å². The molecule has 2 atom stereocenters. The third kappa shape index (κ3) is 3.69. The molecule has 0 bridgehead atoms. The number of carbonyl (C=O) groups excluding carboxylic acids is 1. The van der Waals surface area contributed by atoms with Crippen molar-refractivity contribution in [3.63, 3.8) is 0 Å². The van der Waals surface area contributed by atoms with Crippen LogP contribution in [-0.2, 0) is 14.0 Å². The molecule has 0 aromatic rings. The number of ether oxygens (including phenoxy) is 1. The molecule has 18 heavy (non-hydrogen) atoms. The summed E-state index contributed by atoms with van der Waals surface area (Å²) < 4.78 is 11.4. The summed E-state index contributed by atoms with van der Waals surface area (Å²) in [6.45, 7) is 15.3. The predicted molar refractivity (Wildman–Crippen MR) is 76.0 cm³/mol. The van der Waals surface area contributed by atoms with Gasteiger partial charge in [0.1, 0.15) is 6.10 Å². The highest BCUT2D eigenvalue weighted by Crippen LogP contribution is 2.37. The normalized spacial score (nSPS) is 25.1. The molecule has 3 nitrogen and oxygen atoms in total. The number of esters is 1. The van der Waals surface area contributed by atoms with Crippen molar-refractivity contribution in [1.29, 1.82) is 0 Å². The lowest BCUT2D eigenvalue weighted by molar-refractivity contribution is -0.145. The molecule has 0 N–H and O–H groups in total. The summed E-state index contributed by atoms with van der Waals surface area (Å²) in [5.41, 5.74) is 0. The van der Waals surface area contributed by atoms with Crippen molar-refractivity contribution in [3.8, 4) is 0 Å². The van der Waals surface area contributed by atoms with E-state index in [9.17, 15) is 4.79 Å². The lowest BCUT2D eigenvalue weighted by Crippen LogP contribution is -2.42. The van der Waals surface area contributed by atoms with E-state index in [2.05, 4.69) is 40.4 Å². The number of rotatable bonds is 5. The molecule has 0 saturated carbocycles. The maximum Gasteiger partial charge on any atom is 0.309 e. The Hall–Kier alpha value is -0.613. The van der Waals surface area contributed by atoms with Gasteiger partial charge in [0.05, 0.1) is 12.5 Å². The molecule has 0 unspecified atom stereocenters. The summed E-state index contributed by atoms with van der Waals surface area (Å²) in [4.78, 5) is 11.6. The van der Waals surface area contributed by atoms with Gasteiger partial charge in [-0.05, 0) is 24.6 Å². The van der Waals surface area contributed by atoms with Crippen LogP contribution in [0.25, 0.3) is 0 Å². The minimum absolute atomic E-state index is 0.0180. The van der Waals surface area contributed by atoms with Crippen molar-refractivity contribution in [2.75, 3.05) is 6.61 Å². The van der Waals surface area contributed by atoms with E-state index in [1.54, 1.807) is 6.08 Å². The Balaban J connectivity index is 2.47. The number of cyclic esters (lactones) is 1. The average Bonchev–Trinajstić information content (AvgIpc) is 2.56. The van der Waals surface area contributed by atoms with E-state index in [0.717, 1.165) is 6.42 Å². The molecular formula is C14H26O3Si. The van der Waals surface area contributed by atoms with Gasteiger partial charge in [0.2, 0.25) is 0 Å². The average molecular weight is 270 g/mol. The molecule has 0 aromatic carbocycles. The Bertz CT molecular complexity index is 317. The molecule has 104 valence electrons. The monoisotopic (exact) mass is 270 g/mol. The summed E-state index contributed by atoms with van der Waals surface area (Å²) >= 11 is 0. The lowest BCUT2D eigenvalue weighted by atomic mass is 10.0. The molecule has 1 heterocycles. The number of carbonyl (C=O) groups is 1. The van der Waals surface area contributed by atoms with Crippen molar-refractivity contribution in [1.82, 2.24) is 0 Å². The molecule has 0 radical (unpaired) electrons. The quantitative estimate of drug-likeness (QED) is 0.435. The van der Waals surface area contributed by atoms with Crippen LogP contribution in [0.5, 0.6) is 0 Å². The van der Waals surface area contributed by atoms with Gasteiger partial charge >= 0.3 is 5.97 Å². The first kappa shape index (κ1) is 15.4. The second-order valence-corrected chi connectivity index (χ2v) is 11.4. The van der Waals surface area contributed by atoms with Crippen molar-refractivity contribution >= 4 is 14.3 Å². The van der Waals surface area contributed by atoms with Gasteiger partial charge in [0.25, 0.3) is 0 Å². The van der Waals surface area contributed by atoms with E-state index in [1.807, 2.05) is 0 Å². The van der Waals surface area contributed by atoms with E-state index >= 15 is 0 Å². The van der Waals surface area contributed by atoms with Crippen LogP contribution in [-0.4, -0.2) is 27.0 Å². The smallest absolute Gasteiger partial charge is 0.309 e. The third-order valence-electron chi connectivity index (χ3n) is 4.05. The fourth-order valence-corrected chi connectivity index (χ4v) is 2.77. The number of hydrogen-bond acceptors (Lipinski definition) is 3. The lowest BCUT2D eigenvalue weighted by Gasteiger charge is -2.36. The Kier molecular flexibility index (Phi) is 4.78. The Morgan fingerprint density at radius 3 is 2.61 bits per heavy atom. The van der Waals surface area contributed by atoms with E-state index in [1.165, 1.54) is 0 Å². The molecular weight excluding hydrogens is 244 g/mol. The maximum absolute atomic E-state index is 11.6. The Morgan fingerprint density at radius 2 is 2.11 bits per heavy atom. The van der Waals surface area contributed by atoms with E-state index in [4.69, 9.17) is 9.16 Å². The maximum atomic E-state index is 11.6. The van der Waals surface area contributed by atoms with Gasteiger partial charge in [-0.3, -0.25) is 4.79 Å². The molecule has 0 aromatic heterocycles. The van der Waals surface area contributed by atoms with Gasteiger partial charge < -0.3 is 9.16 Å². The van der Waals surface area contributed by atoms with Crippen LogP contribution in [0.3, 0.4) is 0 Å². The molecule has 1 fully saturated rings. The highest BCUT2D eigenvalue weighted by atomic mass is 28.4. The molecule has 1 aliphatic rings. The van der Waals surface area contributed by atoms with E-state index in [-0.39, 0.29) is 23.0 Å². The molecule has 0 amide bonds. The summed E-state index contributed by atoms with van der Waals surface area (Å²) in [6.07, 6.45) is 3.18. The molecule has 1 rings (SSSR count).